The molecule has 0 radical (unpaired) electrons. The van der Waals surface area contributed by atoms with Crippen LogP contribution in [0.2, 0.25) is 0 Å². The molecule has 1 fully saturated rings. The number of fused-ring (bicyclic) bond motifs is 1. The molecule has 3 heterocycles. The largest absolute Gasteiger partial charge is 0.380 e. The summed E-state index contributed by atoms with van der Waals surface area (Å²) in [5.74, 6) is 0.00308. The van der Waals surface area contributed by atoms with Crippen LogP contribution >= 0.6 is 24.8 Å². The molecule has 1 amide bonds. The van der Waals surface area contributed by atoms with Crippen molar-refractivity contribution in [2.24, 2.45) is 0 Å². The fraction of sp³-hybridized carbons (Fsp3) is 0.467. The van der Waals surface area contributed by atoms with Crippen molar-refractivity contribution in [2.75, 3.05) is 13.7 Å². The number of hydrogen-bond donors (Lipinski definition) is 2. The SMILES string of the molecule is CO[C@@H]1CN[C@H](C(=O)NCc2cn3cccc(C)c3n2)C1.Cl.Cl. The molecule has 2 aromatic heterocycles. The first kappa shape index (κ1) is 19.7. The fourth-order valence-electron chi connectivity index (χ4n) is 2.67. The number of rotatable bonds is 4. The molecule has 1 aliphatic heterocycles. The van der Waals surface area contributed by atoms with Gasteiger partial charge in [0, 0.05) is 26.0 Å². The molecule has 1 aliphatic rings. The van der Waals surface area contributed by atoms with Crippen molar-refractivity contribution in [1.29, 1.82) is 0 Å². The van der Waals surface area contributed by atoms with Gasteiger partial charge in [0.1, 0.15) is 5.65 Å². The van der Waals surface area contributed by atoms with Gasteiger partial charge in [-0.2, -0.15) is 0 Å². The first-order chi connectivity index (χ1) is 10.2. The molecule has 23 heavy (non-hydrogen) atoms. The van der Waals surface area contributed by atoms with Gasteiger partial charge in [0.25, 0.3) is 0 Å². The number of carbonyl (C=O) groups excluding carboxylic acids is 1. The van der Waals surface area contributed by atoms with Gasteiger partial charge in [0.15, 0.2) is 0 Å². The zero-order valence-corrected chi connectivity index (χ0v) is 14.7. The topological polar surface area (TPSA) is 67.7 Å². The Morgan fingerprint density at radius 1 is 1.52 bits per heavy atom. The molecule has 1 saturated heterocycles. The lowest BCUT2D eigenvalue weighted by Crippen LogP contribution is -2.40. The van der Waals surface area contributed by atoms with Crippen LogP contribution < -0.4 is 10.6 Å². The summed E-state index contributed by atoms with van der Waals surface area (Å²) in [4.78, 5) is 16.6. The summed E-state index contributed by atoms with van der Waals surface area (Å²) in [5.41, 5.74) is 2.91. The van der Waals surface area contributed by atoms with Crippen LogP contribution in [0, 0.1) is 6.92 Å². The van der Waals surface area contributed by atoms with Crippen LogP contribution in [0.1, 0.15) is 17.7 Å². The molecule has 2 atom stereocenters. The smallest absolute Gasteiger partial charge is 0.237 e. The number of nitrogens with one attached hydrogen (secondary N) is 2. The third-order valence-electron chi connectivity index (χ3n) is 3.91. The lowest BCUT2D eigenvalue weighted by molar-refractivity contribution is -0.123. The second kappa shape index (κ2) is 8.49. The van der Waals surface area contributed by atoms with Crippen molar-refractivity contribution < 1.29 is 9.53 Å². The lowest BCUT2D eigenvalue weighted by atomic mass is 10.2. The quantitative estimate of drug-likeness (QED) is 0.866. The number of methoxy groups -OCH3 is 1. The van der Waals surface area contributed by atoms with E-state index in [-0.39, 0.29) is 42.9 Å². The zero-order valence-electron chi connectivity index (χ0n) is 13.1. The molecule has 2 N–H and O–H groups in total. The molecule has 0 saturated carbocycles. The van der Waals surface area contributed by atoms with E-state index in [4.69, 9.17) is 4.74 Å². The van der Waals surface area contributed by atoms with Gasteiger partial charge in [-0.25, -0.2) is 4.98 Å². The average molecular weight is 361 g/mol. The minimum absolute atomic E-state index is 0. The highest BCUT2D eigenvalue weighted by Crippen LogP contribution is 2.11. The van der Waals surface area contributed by atoms with Crippen LogP contribution in [0.4, 0.5) is 0 Å². The van der Waals surface area contributed by atoms with E-state index in [1.165, 1.54) is 0 Å². The van der Waals surface area contributed by atoms with E-state index < -0.39 is 0 Å². The number of hydrogen-bond acceptors (Lipinski definition) is 4. The molecule has 128 valence electrons. The maximum atomic E-state index is 12.1. The van der Waals surface area contributed by atoms with E-state index in [0.717, 1.165) is 23.4 Å². The standard InChI is InChI=1S/C15H20N4O2.2ClH/c1-10-4-3-5-19-9-11(18-14(10)19)7-17-15(20)13-6-12(21-2)8-16-13;;/h3-5,9,12-13,16H,6-8H2,1-2H3,(H,17,20);2*1H/t12-,13-;;/m0../s1. The van der Waals surface area contributed by atoms with E-state index >= 15 is 0 Å². The van der Waals surface area contributed by atoms with Crippen molar-refractivity contribution in [3.8, 4) is 0 Å². The van der Waals surface area contributed by atoms with Crippen molar-refractivity contribution in [2.45, 2.75) is 32.0 Å². The molecule has 3 rings (SSSR count). The minimum atomic E-state index is -0.172. The van der Waals surface area contributed by atoms with Gasteiger partial charge in [-0.05, 0) is 25.0 Å². The maximum absolute atomic E-state index is 12.1. The number of nitrogens with zero attached hydrogens (tertiary/aromatic N) is 2. The number of carbonyl (C=O) groups is 1. The highest BCUT2D eigenvalue weighted by atomic mass is 35.5. The van der Waals surface area contributed by atoms with Crippen molar-refractivity contribution in [3.05, 3.63) is 35.8 Å². The number of ether oxygens (including phenoxy) is 1. The van der Waals surface area contributed by atoms with Crippen LogP contribution in [0.25, 0.3) is 5.65 Å². The summed E-state index contributed by atoms with van der Waals surface area (Å²) in [7, 11) is 1.67. The first-order valence-corrected chi connectivity index (χ1v) is 7.14. The summed E-state index contributed by atoms with van der Waals surface area (Å²) >= 11 is 0. The summed E-state index contributed by atoms with van der Waals surface area (Å²) in [6, 6.07) is 3.84. The summed E-state index contributed by atoms with van der Waals surface area (Å²) in [6.45, 7) is 3.19. The normalized spacial score (nSPS) is 19.9. The van der Waals surface area contributed by atoms with Gasteiger partial charge in [0.05, 0.1) is 24.4 Å². The Labute approximate surface area is 147 Å². The number of imidazole rings is 1. The van der Waals surface area contributed by atoms with E-state index in [9.17, 15) is 4.79 Å². The monoisotopic (exact) mass is 360 g/mol. The summed E-state index contributed by atoms with van der Waals surface area (Å²) in [6.07, 6.45) is 4.75. The van der Waals surface area contributed by atoms with Crippen LogP contribution in [-0.2, 0) is 16.1 Å². The lowest BCUT2D eigenvalue weighted by Gasteiger charge is -2.10. The molecule has 2 aromatic rings. The molecule has 0 unspecified atom stereocenters. The van der Waals surface area contributed by atoms with Gasteiger partial charge in [-0.1, -0.05) is 6.07 Å². The molecule has 6 nitrogen and oxygen atoms in total. The maximum Gasteiger partial charge on any atom is 0.237 e. The average Bonchev–Trinajstić information content (AvgIpc) is 3.12. The van der Waals surface area contributed by atoms with Crippen molar-refractivity contribution >= 4 is 36.4 Å². The van der Waals surface area contributed by atoms with E-state index in [0.29, 0.717) is 13.0 Å². The van der Waals surface area contributed by atoms with Crippen LogP contribution in [0.15, 0.2) is 24.5 Å². The third kappa shape index (κ3) is 4.35. The van der Waals surface area contributed by atoms with Crippen molar-refractivity contribution in [1.82, 2.24) is 20.0 Å². The second-order valence-electron chi connectivity index (χ2n) is 5.43. The molecule has 0 spiro atoms. The number of aromatic nitrogens is 2. The number of amides is 1. The number of aryl methyl sites for hydroxylation is 1. The second-order valence-corrected chi connectivity index (χ2v) is 5.43. The Hall–Kier alpha value is -1.34. The Balaban J connectivity index is 0.00000132. The Morgan fingerprint density at radius 3 is 2.96 bits per heavy atom. The van der Waals surface area contributed by atoms with Crippen LogP contribution in [0.5, 0.6) is 0 Å². The zero-order chi connectivity index (χ0) is 14.8. The van der Waals surface area contributed by atoms with Gasteiger partial charge in [-0.3, -0.25) is 4.79 Å². The molecule has 0 aliphatic carbocycles. The van der Waals surface area contributed by atoms with Crippen molar-refractivity contribution in [3.63, 3.8) is 0 Å². The number of halogens is 2. The van der Waals surface area contributed by atoms with E-state index in [2.05, 4.69) is 15.6 Å². The Morgan fingerprint density at radius 2 is 2.30 bits per heavy atom. The highest BCUT2D eigenvalue weighted by Gasteiger charge is 2.29. The predicted molar refractivity (Wildman–Crippen MR) is 93.5 cm³/mol. The summed E-state index contributed by atoms with van der Waals surface area (Å²) < 4.78 is 7.23. The number of pyridine rings is 1. The Bertz CT molecular complexity index is 662. The summed E-state index contributed by atoms with van der Waals surface area (Å²) in [5, 5.41) is 6.10. The van der Waals surface area contributed by atoms with Crippen LogP contribution in [-0.4, -0.2) is 41.1 Å². The fourth-order valence-corrected chi connectivity index (χ4v) is 2.67. The predicted octanol–water partition coefficient (Wildman–Crippen LogP) is 1.48. The first-order valence-electron chi connectivity index (χ1n) is 7.14. The van der Waals surface area contributed by atoms with E-state index in [1.54, 1.807) is 7.11 Å². The third-order valence-corrected chi connectivity index (χ3v) is 3.91. The molecule has 8 heteroatoms. The van der Waals surface area contributed by atoms with Gasteiger partial charge in [0.2, 0.25) is 5.91 Å². The molecular weight excluding hydrogens is 339 g/mol. The molecular formula is C15H22Cl2N4O2. The van der Waals surface area contributed by atoms with Crippen LogP contribution in [0.3, 0.4) is 0 Å². The van der Waals surface area contributed by atoms with Gasteiger partial charge in [-0.15, -0.1) is 24.8 Å². The Kier molecular flexibility index (Phi) is 7.28. The highest BCUT2D eigenvalue weighted by molar-refractivity contribution is 5.85. The molecule has 0 aromatic carbocycles. The minimum Gasteiger partial charge on any atom is -0.380 e. The van der Waals surface area contributed by atoms with Gasteiger partial charge >= 0.3 is 0 Å². The van der Waals surface area contributed by atoms with Gasteiger partial charge < -0.3 is 19.8 Å². The van der Waals surface area contributed by atoms with E-state index in [1.807, 2.05) is 35.9 Å². The molecule has 0 bridgehead atoms.